The Morgan fingerprint density at radius 2 is 2.21 bits per heavy atom. The van der Waals surface area contributed by atoms with Gasteiger partial charge >= 0.3 is 0 Å². The van der Waals surface area contributed by atoms with Crippen LogP contribution in [-0.2, 0) is 0 Å². The first-order valence-corrected chi connectivity index (χ1v) is 8.52. The van der Waals surface area contributed by atoms with E-state index in [2.05, 4.69) is 36.3 Å². The molecule has 2 nitrogen and oxygen atoms in total. The fraction of sp³-hybridized carbons (Fsp3) is 0.533. The largest absolute Gasteiger partial charge is 0.389 e. The smallest absolute Gasteiger partial charge is 0.107 e. The van der Waals surface area contributed by atoms with Gasteiger partial charge in [0.25, 0.3) is 0 Å². The van der Waals surface area contributed by atoms with Gasteiger partial charge < -0.3 is 10.6 Å². The molecule has 1 aliphatic carbocycles. The van der Waals surface area contributed by atoms with Crippen molar-refractivity contribution in [3.05, 3.63) is 23.8 Å². The molecule has 0 aliphatic heterocycles. The van der Waals surface area contributed by atoms with Gasteiger partial charge in [0.1, 0.15) is 4.99 Å². The van der Waals surface area contributed by atoms with Crippen molar-refractivity contribution in [1.29, 1.82) is 0 Å². The molecule has 0 unspecified atom stereocenters. The van der Waals surface area contributed by atoms with Gasteiger partial charge in [0, 0.05) is 29.2 Å². The Labute approximate surface area is 125 Å². The molecular weight excluding hydrogens is 272 g/mol. The molecule has 0 saturated heterocycles. The standard InChI is InChI=1S/C15H22N2S2/c1-3-9-17(10-11-7-8-11)12-5-4-6-13(19-2)14(12)15(16)18/h4-6,11H,3,7-10H2,1-2H3,(H2,16,18). The number of thioether (sulfide) groups is 1. The quantitative estimate of drug-likeness (QED) is 0.614. The average molecular weight is 294 g/mol. The number of thiocarbonyl (C=S) groups is 1. The number of nitrogens with two attached hydrogens (primary N) is 1. The third kappa shape index (κ3) is 3.63. The van der Waals surface area contributed by atoms with E-state index in [1.807, 2.05) is 0 Å². The molecule has 0 radical (unpaired) electrons. The molecule has 1 aliphatic rings. The van der Waals surface area contributed by atoms with E-state index >= 15 is 0 Å². The van der Waals surface area contributed by atoms with Crippen molar-refractivity contribution in [3.63, 3.8) is 0 Å². The zero-order valence-electron chi connectivity index (χ0n) is 11.7. The summed E-state index contributed by atoms with van der Waals surface area (Å²) in [7, 11) is 0. The Kier molecular flexibility index (Phi) is 5.11. The molecule has 0 spiro atoms. The van der Waals surface area contributed by atoms with Crippen LogP contribution in [0.5, 0.6) is 0 Å². The molecule has 0 atom stereocenters. The second-order valence-electron chi connectivity index (χ2n) is 5.11. The molecule has 104 valence electrons. The second-order valence-corrected chi connectivity index (χ2v) is 6.40. The fourth-order valence-electron chi connectivity index (χ4n) is 2.39. The Balaban J connectivity index is 2.35. The van der Waals surface area contributed by atoms with Gasteiger partial charge in [-0.2, -0.15) is 0 Å². The Morgan fingerprint density at radius 1 is 1.47 bits per heavy atom. The molecule has 0 amide bonds. The predicted molar refractivity (Wildman–Crippen MR) is 89.3 cm³/mol. The monoisotopic (exact) mass is 294 g/mol. The van der Waals surface area contributed by atoms with Crippen LogP contribution in [0.2, 0.25) is 0 Å². The van der Waals surface area contributed by atoms with Crippen LogP contribution < -0.4 is 10.6 Å². The van der Waals surface area contributed by atoms with E-state index in [-0.39, 0.29) is 0 Å². The molecule has 19 heavy (non-hydrogen) atoms. The summed E-state index contributed by atoms with van der Waals surface area (Å²) in [5.41, 5.74) is 8.23. The van der Waals surface area contributed by atoms with E-state index in [0.29, 0.717) is 4.99 Å². The number of anilines is 1. The zero-order chi connectivity index (χ0) is 13.8. The number of hydrogen-bond donors (Lipinski definition) is 1. The van der Waals surface area contributed by atoms with Crippen LogP contribution in [0.3, 0.4) is 0 Å². The highest BCUT2D eigenvalue weighted by Crippen LogP contribution is 2.35. The number of rotatable bonds is 7. The maximum atomic E-state index is 5.96. The van der Waals surface area contributed by atoms with Crippen LogP contribution in [-0.4, -0.2) is 24.3 Å². The minimum absolute atomic E-state index is 0.511. The van der Waals surface area contributed by atoms with Crippen molar-refractivity contribution >= 4 is 34.7 Å². The molecule has 4 heteroatoms. The van der Waals surface area contributed by atoms with Crippen molar-refractivity contribution in [2.45, 2.75) is 31.1 Å². The lowest BCUT2D eigenvalue weighted by Gasteiger charge is -2.27. The summed E-state index contributed by atoms with van der Waals surface area (Å²) in [6, 6.07) is 6.37. The van der Waals surface area contributed by atoms with Gasteiger partial charge in [-0.3, -0.25) is 0 Å². The van der Waals surface area contributed by atoms with Crippen LogP contribution in [0.4, 0.5) is 5.69 Å². The third-order valence-corrected chi connectivity index (χ3v) is 4.46. The average Bonchev–Trinajstić information content (AvgIpc) is 3.21. The molecule has 1 aromatic rings. The van der Waals surface area contributed by atoms with Crippen LogP contribution in [0, 0.1) is 5.92 Å². The predicted octanol–water partition coefficient (Wildman–Crippen LogP) is 3.67. The first kappa shape index (κ1) is 14.7. The van der Waals surface area contributed by atoms with E-state index in [1.165, 1.54) is 23.4 Å². The molecule has 1 saturated carbocycles. The lowest BCUT2D eigenvalue weighted by atomic mass is 10.1. The molecule has 1 fully saturated rings. The van der Waals surface area contributed by atoms with Crippen LogP contribution in [0.15, 0.2) is 23.1 Å². The minimum atomic E-state index is 0.511. The molecule has 1 aromatic carbocycles. The van der Waals surface area contributed by atoms with Gasteiger partial charge in [0.05, 0.1) is 0 Å². The van der Waals surface area contributed by atoms with E-state index in [4.69, 9.17) is 18.0 Å². The van der Waals surface area contributed by atoms with E-state index in [1.54, 1.807) is 11.8 Å². The van der Waals surface area contributed by atoms with Crippen LogP contribution >= 0.6 is 24.0 Å². The Hall–Kier alpha value is -0.740. The van der Waals surface area contributed by atoms with Gasteiger partial charge in [0.15, 0.2) is 0 Å². The van der Waals surface area contributed by atoms with Crippen molar-refractivity contribution in [3.8, 4) is 0 Å². The van der Waals surface area contributed by atoms with Crippen molar-refractivity contribution < 1.29 is 0 Å². The van der Waals surface area contributed by atoms with Gasteiger partial charge in [0.2, 0.25) is 0 Å². The second kappa shape index (κ2) is 6.62. The van der Waals surface area contributed by atoms with Crippen LogP contribution in [0.1, 0.15) is 31.7 Å². The number of nitrogens with zero attached hydrogens (tertiary/aromatic N) is 1. The lowest BCUT2D eigenvalue weighted by molar-refractivity contribution is 0.707. The molecule has 0 bridgehead atoms. The lowest BCUT2D eigenvalue weighted by Crippen LogP contribution is -2.29. The highest BCUT2D eigenvalue weighted by Gasteiger charge is 2.26. The molecular formula is C15H22N2S2. The normalized spacial score (nSPS) is 14.4. The van der Waals surface area contributed by atoms with Crippen molar-refractivity contribution in [1.82, 2.24) is 0 Å². The van der Waals surface area contributed by atoms with Gasteiger partial charge in [-0.15, -0.1) is 11.8 Å². The summed E-state index contributed by atoms with van der Waals surface area (Å²) in [4.78, 5) is 4.16. The van der Waals surface area contributed by atoms with E-state index in [9.17, 15) is 0 Å². The van der Waals surface area contributed by atoms with Gasteiger partial charge in [-0.25, -0.2) is 0 Å². The number of hydrogen-bond acceptors (Lipinski definition) is 3. The zero-order valence-corrected chi connectivity index (χ0v) is 13.3. The molecule has 0 heterocycles. The maximum absolute atomic E-state index is 5.96. The van der Waals surface area contributed by atoms with Crippen molar-refractivity contribution in [2.75, 3.05) is 24.2 Å². The Bertz CT molecular complexity index is 455. The summed E-state index contributed by atoms with van der Waals surface area (Å²) < 4.78 is 0. The summed E-state index contributed by atoms with van der Waals surface area (Å²) >= 11 is 6.99. The minimum Gasteiger partial charge on any atom is -0.389 e. The SMILES string of the molecule is CCCN(CC1CC1)c1cccc(SC)c1C(N)=S. The van der Waals surface area contributed by atoms with E-state index in [0.717, 1.165) is 31.0 Å². The van der Waals surface area contributed by atoms with E-state index < -0.39 is 0 Å². The van der Waals surface area contributed by atoms with Gasteiger partial charge in [-0.1, -0.05) is 25.2 Å². The molecule has 0 aromatic heterocycles. The van der Waals surface area contributed by atoms with Crippen molar-refractivity contribution in [2.24, 2.45) is 11.7 Å². The first-order chi connectivity index (χ1) is 9.17. The number of benzene rings is 1. The topological polar surface area (TPSA) is 29.3 Å². The summed E-state index contributed by atoms with van der Waals surface area (Å²) in [6.45, 7) is 4.43. The maximum Gasteiger partial charge on any atom is 0.107 e. The van der Waals surface area contributed by atoms with Crippen LogP contribution in [0.25, 0.3) is 0 Å². The fourth-order valence-corrected chi connectivity index (χ4v) is 3.31. The summed E-state index contributed by atoms with van der Waals surface area (Å²) in [5.74, 6) is 0.865. The highest BCUT2D eigenvalue weighted by atomic mass is 32.2. The molecule has 2 N–H and O–H groups in total. The first-order valence-electron chi connectivity index (χ1n) is 6.89. The van der Waals surface area contributed by atoms with Gasteiger partial charge in [-0.05, 0) is 43.6 Å². The Morgan fingerprint density at radius 3 is 2.74 bits per heavy atom. The highest BCUT2D eigenvalue weighted by molar-refractivity contribution is 7.98. The third-order valence-electron chi connectivity index (χ3n) is 3.48. The summed E-state index contributed by atoms with van der Waals surface area (Å²) in [6.07, 6.45) is 5.95. The summed E-state index contributed by atoms with van der Waals surface area (Å²) in [5, 5.41) is 0. The molecule has 2 rings (SSSR count).